The summed E-state index contributed by atoms with van der Waals surface area (Å²) >= 11 is 3.38. The maximum Gasteiger partial charge on any atom is 0.394 e. The first kappa shape index (κ1) is 8.56. The largest absolute Gasteiger partial charge is 0.450 e. The number of fused-ring (bicyclic) bond motifs is 1. The van der Waals surface area contributed by atoms with Gasteiger partial charge in [0.15, 0.2) is 5.58 Å². The number of oxazole rings is 1. The molecule has 0 fully saturated rings. The van der Waals surface area contributed by atoms with Gasteiger partial charge in [-0.05, 0) is 35.0 Å². The van der Waals surface area contributed by atoms with Gasteiger partial charge < -0.3 is 9.15 Å². The molecule has 0 atom stereocenters. The van der Waals surface area contributed by atoms with Crippen LogP contribution in [0.4, 0.5) is 0 Å². The lowest BCUT2D eigenvalue weighted by Crippen LogP contribution is -1.90. The molecule has 2 rings (SSSR count). The summed E-state index contributed by atoms with van der Waals surface area (Å²) in [5.41, 5.74) is 1.53. The summed E-state index contributed by atoms with van der Waals surface area (Å²) in [7, 11) is 0. The lowest BCUT2D eigenvalue weighted by atomic mass is 10.3. The first-order valence-electron chi connectivity index (χ1n) is 3.99. The molecule has 0 radical (unpaired) electrons. The molecule has 0 spiro atoms. The monoisotopic (exact) mass is 241 g/mol. The number of aromatic nitrogens is 1. The fourth-order valence-electron chi connectivity index (χ4n) is 1.08. The molecule has 13 heavy (non-hydrogen) atoms. The van der Waals surface area contributed by atoms with Crippen molar-refractivity contribution in [2.75, 3.05) is 6.61 Å². The summed E-state index contributed by atoms with van der Waals surface area (Å²) in [6.45, 7) is 2.45. The van der Waals surface area contributed by atoms with E-state index in [1.54, 1.807) is 0 Å². The Labute approximate surface area is 83.8 Å². The Morgan fingerprint density at radius 2 is 2.38 bits per heavy atom. The number of ether oxygens (including phenoxy) is 1. The van der Waals surface area contributed by atoms with Crippen molar-refractivity contribution in [3.8, 4) is 6.08 Å². The molecule has 1 aromatic carbocycles. The molecule has 4 heteroatoms. The quantitative estimate of drug-likeness (QED) is 0.811. The molecule has 0 aliphatic heterocycles. The van der Waals surface area contributed by atoms with E-state index in [4.69, 9.17) is 9.15 Å². The smallest absolute Gasteiger partial charge is 0.394 e. The number of rotatable bonds is 2. The molecule has 0 unspecified atom stereocenters. The van der Waals surface area contributed by atoms with E-state index >= 15 is 0 Å². The molecular formula is C9H8BrNO2. The van der Waals surface area contributed by atoms with Crippen molar-refractivity contribution >= 4 is 27.0 Å². The second-order valence-corrected chi connectivity index (χ2v) is 3.35. The third-order valence-electron chi connectivity index (χ3n) is 1.62. The van der Waals surface area contributed by atoms with Crippen molar-refractivity contribution in [3.63, 3.8) is 0 Å². The molecule has 0 amide bonds. The van der Waals surface area contributed by atoms with Gasteiger partial charge in [0.25, 0.3) is 0 Å². The van der Waals surface area contributed by atoms with E-state index in [0.29, 0.717) is 12.7 Å². The van der Waals surface area contributed by atoms with E-state index in [1.807, 2.05) is 25.1 Å². The Morgan fingerprint density at radius 1 is 1.54 bits per heavy atom. The topological polar surface area (TPSA) is 35.3 Å². The number of hydrogen-bond acceptors (Lipinski definition) is 3. The minimum Gasteiger partial charge on any atom is -0.450 e. The molecule has 0 aliphatic rings. The molecule has 0 N–H and O–H groups in total. The van der Waals surface area contributed by atoms with Crippen molar-refractivity contribution in [1.29, 1.82) is 0 Å². The summed E-state index contributed by atoms with van der Waals surface area (Å²) < 4.78 is 11.4. The molecule has 0 saturated heterocycles. The van der Waals surface area contributed by atoms with Crippen LogP contribution >= 0.6 is 15.9 Å². The van der Waals surface area contributed by atoms with Gasteiger partial charge in [-0.1, -0.05) is 6.07 Å². The maximum absolute atomic E-state index is 5.33. The summed E-state index contributed by atoms with van der Waals surface area (Å²) in [5.74, 6) is 0. The average Bonchev–Trinajstić information content (AvgIpc) is 2.49. The fraction of sp³-hybridized carbons (Fsp3) is 0.222. The molecule has 68 valence electrons. The van der Waals surface area contributed by atoms with Gasteiger partial charge in [-0.2, -0.15) is 4.98 Å². The maximum atomic E-state index is 5.33. The van der Waals surface area contributed by atoms with Crippen LogP contribution < -0.4 is 4.74 Å². The van der Waals surface area contributed by atoms with Crippen LogP contribution in [0.15, 0.2) is 27.1 Å². The van der Waals surface area contributed by atoms with Gasteiger partial charge in [0.05, 0.1) is 6.61 Å². The normalized spacial score (nSPS) is 10.6. The molecule has 0 saturated carbocycles. The Kier molecular flexibility index (Phi) is 2.22. The first-order chi connectivity index (χ1) is 6.31. The molecule has 1 aromatic heterocycles. The number of benzene rings is 1. The molecule has 3 nitrogen and oxygen atoms in total. The first-order valence-corrected chi connectivity index (χ1v) is 4.78. The van der Waals surface area contributed by atoms with Crippen LogP contribution in [0.25, 0.3) is 11.1 Å². The Bertz CT molecular complexity index is 424. The molecule has 0 bridgehead atoms. The van der Waals surface area contributed by atoms with Crippen molar-refractivity contribution in [2.45, 2.75) is 6.92 Å². The number of halogens is 1. The minimum atomic E-state index is 0.324. The summed E-state index contributed by atoms with van der Waals surface area (Å²) in [6.07, 6.45) is 0.324. The van der Waals surface area contributed by atoms with Crippen molar-refractivity contribution in [1.82, 2.24) is 4.98 Å². The summed E-state index contributed by atoms with van der Waals surface area (Å²) in [4.78, 5) is 4.17. The van der Waals surface area contributed by atoms with E-state index in [0.717, 1.165) is 15.6 Å². The standard InChI is InChI=1S/C9H8BrNO2/c1-2-12-9-11-8-6(10)4-3-5-7(8)13-9/h3-5H,2H2,1H3. The zero-order chi connectivity index (χ0) is 9.26. The highest BCUT2D eigenvalue weighted by atomic mass is 79.9. The van der Waals surface area contributed by atoms with Crippen molar-refractivity contribution < 1.29 is 9.15 Å². The van der Waals surface area contributed by atoms with Gasteiger partial charge in [-0.3, -0.25) is 0 Å². The SMILES string of the molecule is CCOc1nc2c(Br)cccc2o1. The van der Waals surface area contributed by atoms with Crippen LogP contribution in [0.3, 0.4) is 0 Å². The molecule has 1 heterocycles. The Morgan fingerprint density at radius 3 is 3.08 bits per heavy atom. The van der Waals surface area contributed by atoms with Crippen LogP contribution in [-0.4, -0.2) is 11.6 Å². The minimum absolute atomic E-state index is 0.324. The Hall–Kier alpha value is -1.03. The number of nitrogens with zero attached hydrogens (tertiary/aromatic N) is 1. The van der Waals surface area contributed by atoms with Crippen LogP contribution in [0, 0.1) is 0 Å². The number of para-hydroxylation sites is 1. The van der Waals surface area contributed by atoms with Crippen LogP contribution in [-0.2, 0) is 0 Å². The van der Waals surface area contributed by atoms with E-state index in [1.165, 1.54) is 0 Å². The van der Waals surface area contributed by atoms with E-state index in [2.05, 4.69) is 20.9 Å². The van der Waals surface area contributed by atoms with Gasteiger partial charge in [0, 0.05) is 4.47 Å². The lowest BCUT2D eigenvalue weighted by Gasteiger charge is -1.91. The van der Waals surface area contributed by atoms with Gasteiger partial charge in [0.2, 0.25) is 0 Å². The van der Waals surface area contributed by atoms with E-state index in [-0.39, 0.29) is 0 Å². The van der Waals surface area contributed by atoms with E-state index < -0.39 is 0 Å². The highest BCUT2D eigenvalue weighted by molar-refractivity contribution is 9.10. The highest BCUT2D eigenvalue weighted by Gasteiger charge is 2.07. The molecular weight excluding hydrogens is 234 g/mol. The second-order valence-electron chi connectivity index (χ2n) is 2.50. The molecule has 2 aromatic rings. The summed E-state index contributed by atoms with van der Waals surface area (Å²) in [5, 5.41) is 0. The predicted octanol–water partition coefficient (Wildman–Crippen LogP) is 2.99. The second kappa shape index (κ2) is 3.38. The Balaban J connectivity index is 2.55. The van der Waals surface area contributed by atoms with E-state index in [9.17, 15) is 0 Å². The zero-order valence-electron chi connectivity index (χ0n) is 7.08. The van der Waals surface area contributed by atoms with Gasteiger partial charge in [0.1, 0.15) is 5.52 Å². The third kappa shape index (κ3) is 1.54. The van der Waals surface area contributed by atoms with Crippen LogP contribution in [0.2, 0.25) is 0 Å². The fourth-order valence-corrected chi connectivity index (χ4v) is 1.52. The number of hydrogen-bond donors (Lipinski definition) is 0. The van der Waals surface area contributed by atoms with Gasteiger partial charge in [-0.15, -0.1) is 0 Å². The van der Waals surface area contributed by atoms with Gasteiger partial charge in [-0.25, -0.2) is 0 Å². The zero-order valence-corrected chi connectivity index (χ0v) is 8.67. The third-order valence-corrected chi connectivity index (χ3v) is 2.26. The molecule has 0 aliphatic carbocycles. The lowest BCUT2D eigenvalue weighted by molar-refractivity contribution is 0.251. The van der Waals surface area contributed by atoms with Crippen LogP contribution in [0.5, 0.6) is 6.08 Å². The average molecular weight is 242 g/mol. The predicted molar refractivity (Wildman–Crippen MR) is 52.9 cm³/mol. The van der Waals surface area contributed by atoms with Crippen molar-refractivity contribution in [2.24, 2.45) is 0 Å². The van der Waals surface area contributed by atoms with Crippen LogP contribution in [0.1, 0.15) is 6.92 Å². The summed E-state index contributed by atoms with van der Waals surface area (Å²) in [6, 6.07) is 5.67. The highest BCUT2D eigenvalue weighted by Crippen LogP contribution is 2.26. The van der Waals surface area contributed by atoms with Crippen molar-refractivity contribution in [3.05, 3.63) is 22.7 Å². The van der Waals surface area contributed by atoms with Gasteiger partial charge >= 0.3 is 6.08 Å².